The Morgan fingerprint density at radius 1 is 1.19 bits per heavy atom. The van der Waals surface area contributed by atoms with Crippen molar-refractivity contribution in [1.29, 1.82) is 0 Å². The lowest BCUT2D eigenvalue weighted by Crippen LogP contribution is -2.48. The predicted molar refractivity (Wildman–Crippen MR) is 113 cm³/mol. The van der Waals surface area contributed by atoms with E-state index in [2.05, 4.69) is 39.2 Å². The van der Waals surface area contributed by atoms with Crippen LogP contribution in [0.15, 0.2) is 42.5 Å². The van der Waals surface area contributed by atoms with Crippen LogP contribution < -0.4 is 10.2 Å². The van der Waals surface area contributed by atoms with Gasteiger partial charge in [0.05, 0.1) is 16.8 Å². The molecule has 0 unspecified atom stereocenters. The summed E-state index contributed by atoms with van der Waals surface area (Å²) in [6.45, 7) is 5.90. The van der Waals surface area contributed by atoms with Crippen molar-refractivity contribution in [1.82, 2.24) is 9.88 Å². The molecule has 0 spiro atoms. The molecule has 0 atom stereocenters. The first-order valence-electron chi connectivity index (χ1n) is 8.97. The summed E-state index contributed by atoms with van der Waals surface area (Å²) in [5.41, 5.74) is 3.26. The van der Waals surface area contributed by atoms with E-state index in [9.17, 15) is 4.79 Å². The maximum atomic E-state index is 12.4. The maximum absolute atomic E-state index is 12.4. The van der Waals surface area contributed by atoms with Crippen LogP contribution in [0.3, 0.4) is 0 Å². The molecule has 4 rings (SSSR count). The minimum atomic E-state index is -0.0121. The Balaban J connectivity index is 1.31. The molecule has 1 N–H and O–H groups in total. The standard InChI is InChI=1S/C20H21ClN4OS/c1-14-5-6-17-18(11-14)27-20(22-17)23-19(26)13-24-7-9-25(10-8-24)16-4-2-3-15(21)12-16/h2-6,11-12H,7-10,13H2,1H3,(H,22,23,26). The fourth-order valence-corrected chi connectivity index (χ4v) is 4.45. The number of carbonyl (C=O) groups is 1. The van der Waals surface area contributed by atoms with Crippen LogP contribution in [0.5, 0.6) is 0 Å². The third-order valence-corrected chi connectivity index (χ3v) is 5.87. The van der Waals surface area contributed by atoms with E-state index in [4.69, 9.17) is 11.6 Å². The number of anilines is 2. The van der Waals surface area contributed by atoms with E-state index in [1.165, 1.54) is 16.9 Å². The highest BCUT2D eigenvalue weighted by Crippen LogP contribution is 2.26. The van der Waals surface area contributed by atoms with Crippen LogP contribution in [0.1, 0.15) is 5.56 Å². The number of halogens is 1. The van der Waals surface area contributed by atoms with Crippen molar-refractivity contribution < 1.29 is 4.79 Å². The number of aryl methyl sites for hydroxylation is 1. The average molecular weight is 401 g/mol. The van der Waals surface area contributed by atoms with Gasteiger partial charge in [-0.2, -0.15) is 0 Å². The smallest absolute Gasteiger partial charge is 0.240 e. The topological polar surface area (TPSA) is 48.5 Å². The summed E-state index contributed by atoms with van der Waals surface area (Å²) in [5.74, 6) is -0.0121. The number of thiazole rings is 1. The number of amides is 1. The fraction of sp³-hybridized carbons (Fsp3) is 0.300. The molecule has 2 heterocycles. The molecule has 2 aromatic carbocycles. The Bertz CT molecular complexity index is 966. The van der Waals surface area contributed by atoms with Gasteiger partial charge in [0, 0.05) is 36.9 Å². The number of fused-ring (bicyclic) bond motifs is 1. The second kappa shape index (κ2) is 7.84. The first-order valence-corrected chi connectivity index (χ1v) is 10.2. The molecule has 27 heavy (non-hydrogen) atoms. The van der Waals surface area contributed by atoms with Gasteiger partial charge >= 0.3 is 0 Å². The molecule has 0 saturated carbocycles. The maximum Gasteiger partial charge on any atom is 0.240 e. The van der Waals surface area contributed by atoms with Gasteiger partial charge in [0.25, 0.3) is 0 Å². The molecule has 0 bridgehead atoms. The third-order valence-electron chi connectivity index (χ3n) is 4.70. The van der Waals surface area contributed by atoms with Gasteiger partial charge in [-0.1, -0.05) is 35.1 Å². The van der Waals surface area contributed by atoms with E-state index in [0.29, 0.717) is 11.7 Å². The monoisotopic (exact) mass is 400 g/mol. The predicted octanol–water partition coefficient (Wildman–Crippen LogP) is 4.02. The van der Waals surface area contributed by atoms with Gasteiger partial charge in [-0.15, -0.1) is 0 Å². The number of nitrogens with zero attached hydrogens (tertiary/aromatic N) is 3. The molecule has 1 aromatic heterocycles. The molecule has 7 heteroatoms. The van der Waals surface area contributed by atoms with Crippen molar-refractivity contribution in [2.45, 2.75) is 6.92 Å². The molecule has 140 valence electrons. The van der Waals surface area contributed by atoms with Crippen LogP contribution in [-0.2, 0) is 4.79 Å². The second-order valence-electron chi connectivity index (χ2n) is 6.78. The number of carbonyl (C=O) groups excluding carboxylic acids is 1. The summed E-state index contributed by atoms with van der Waals surface area (Å²) >= 11 is 7.60. The second-order valence-corrected chi connectivity index (χ2v) is 8.25. The summed E-state index contributed by atoms with van der Waals surface area (Å²) in [5, 5.41) is 4.36. The Morgan fingerprint density at radius 3 is 2.78 bits per heavy atom. The average Bonchev–Trinajstić information content (AvgIpc) is 3.03. The first kappa shape index (κ1) is 18.2. The van der Waals surface area contributed by atoms with Gasteiger partial charge in [-0.25, -0.2) is 4.98 Å². The SMILES string of the molecule is Cc1ccc2nc(NC(=O)CN3CCN(c4cccc(Cl)c4)CC3)sc2c1. The zero-order chi connectivity index (χ0) is 18.8. The largest absolute Gasteiger partial charge is 0.369 e. The molecule has 1 fully saturated rings. The highest BCUT2D eigenvalue weighted by Gasteiger charge is 2.20. The van der Waals surface area contributed by atoms with Crippen LogP contribution >= 0.6 is 22.9 Å². The Hall–Kier alpha value is -2.15. The van der Waals surface area contributed by atoms with Crippen molar-refractivity contribution in [3.8, 4) is 0 Å². The number of hydrogen-bond donors (Lipinski definition) is 1. The Morgan fingerprint density at radius 2 is 2.00 bits per heavy atom. The zero-order valence-corrected chi connectivity index (χ0v) is 16.7. The van der Waals surface area contributed by atoms with Crippen LogP contribution in [0.4, 0.5) is 10.8 Å². The number of hydrogen-bond acceptors (Lipinski definition) is 5. The highest BCUT2D eigenvalue weighted by molar-refractivity contribution is 7.22. The lowest BCUT2D eigenvalue weighted by Gasteiger charge is -2.35. The van der Waals surface area contributed by atoms with Gasteiger partial charge in [0.2, 0.25) is 5.91 Å². The summed E-state index contributed by atoms with van der Waals surface area (Å²) in [6.07, 6.45) is 0. The molecule has 0 aliphatic carbocycles. The number of nitrogens with one attached hydrogen (secondary N) is 1. The molecule has 1 aliphatic heterocycles. The van der Waals surface area contributed by atoms with E-state index in [0.717, 1.165) is 47.1 Å². The summed E-state index contributed by atoms with van der Waals surface area (Å²) < 4.78 is 1.10. The Kier molecular flexibility index (Phi) is 5.29. The van der Waals surface area contributed by atoms with E-state index in [1.54, 1.807) is 0 Å². The molecule has 3 aromatic rings. The number of piperazine rings is 1. The normalized spacial score (nSPS) is 15.3. The lowest BCUT2D eigenvalue weighted by atomic mass is 10.2. The first-order chi connectivity index (χ1) is 13.1. The van der Waals surface area contributed by atoms with Gasteiger partial charge in [-0.3, -0.25) is 9.69 Å². The summed E-state index contributed by atoms with van der Waals surface area (Å²) in [6, 6.07) is 14.0. The highest BCUT2D eigenvalue weighted by atomic mass is 35.5. The minimum Gasteiger partial charge on any atom is -0.369 e. The molecule has 1 amide bonds. The number of rotatable bonds is 4. The van der Waals surface area contributed by atoms with Gasteiger partial charge in [0.15, 0.2) is 5.13 Å². The van der Waals surface area contributed by atoms with Gasteiger partial charge < -0.3 is 10.2 Å². The molecular formula is C20H21ClN4OS. The van der Waals surface area contributed by atoms with Gasteiger partial charge in [-0.05, 0) is 42.8 Å². The number of benzene rings is 2. The zero-order valence-electron chi connectivity index (χ0n) is 15.1. The number of aromatic nitrogens is 1. The van der Waals surface area contributed by atoms with Crippen molar-refractivity contribution in [3.05, 3.63) is 53.1 Å². The van der Waals surface area contributed by atoms with Crippen LogP contribution in [0, 0.1) is 6.92 Å². The summed E-state index contributed by atoms with van der Waals surface area (Å²) in [7, 11) is 0. The van der Waals surface area contributed by atoms with E-state index in [-0.39, 0.29) is 5.91 Å². The summed E-state index contributed by atoms with van der Waals surface area (Å²) in [4.78, 5) is 21.4. The van der Waals surface area contributed by atoms with Crippen LogP contribution in [0.2, 0.25) is 5.02 Å². The lowest BCUT2D eigenvalue weighted by molar-refractivity contribution is -0.117. The fourth-order valence-electron chi connectivity index (χ4n) is 3.28. The molecule has 1 saturated heterocycles. The van der Waals surface area contributed by atoms with Crippen molar-refractivity contribution in [3.63, 3.8) is 0 Å². The molecule has 1 aliphatic rings. The Labute approximate surface area is 167 Å². The van der Waals surface area contributed by atoms with Crippen molar-refractivity contribution in [2.75, 3.05) is 42.9 Å². The molecular weight excluding hydrogens is 380 g/mol. The van der Waals surface area contributed by atoms with Crippen LogP contribution in [0.25, 0.3) is 10.2 Å². The van der Waals surface area contributed by atoms with Crippen molar-refractivity contribution in [2.24, 2.45) is 0 Å². The van der Waals surface area contributed by atoms with E-state index < -0.39 is 0 Å². The molecule has 5 nitrogen and oxygen atoms in total. The third kappa shape index (κ3) is 4.40. The van der Waals surface area contributed by atoms with Crippen LogP contribution in [-0.4, -0.2) is 48.5 Å². The van der Waals surface area contributed by atoms with Crippen molar-refractivity contribution >= 4 is 49.9 Å². The minimum absolute atomic E-state index is 0.0121. The van der Waals surface area contributed by atoms with E-state index in [1.807, 2.05) is 30.3 Å². The quantitative estimate of drug-likeness (QED) is 0.718. The molecule has 0 radical (unpaired) electrons. The van der Waals surface area contributed by atoms with Gasteiger partial charge in [0.1, 0.15) is 0 Å². The van der Waals surface area contributed by atoms with E-state index >= 15 is 0 Å².